The molecule has 0 spiro atoms. The summed E-state index contributed by atoms with van der Waals surface area (Å²) >= 11 is 0. The Balaban J connectivity index is 1.75. The van der Waals surface area contributed by atoms with Gasteiger partial charge >= 0.3 is 0 Å². The van der Waals surface area contributed by atoms with Crippen molar-refractivity contribution in [1.82, 2.24) is 9.97 Å². The van der Waals surface area contributed by atoms with Crippen molar-refractivity contribution in [3.63, 3.8) is 0 Å². The summed E-state index contributed by atoms with van der Waals surface area (Å²) in [7, 11) is 0. The number of hydrogen-bond acceptors (Lipinski definition) is 4. The Bertz CT molecular complexity index is 635. The van der Waals surface area contributed by atoms with E-state index < -0.39 is 0 Å². The van der Waals surface area contributed by atoms with Crippen molar-refractivity contribution < 1.29 is 0 Å². The van der Waals surface area contributed by atoms with Gasteiger partial charge in [0.25, 0.3) is 0 Å². The number of benzene rings is 1. The van der Waals surface area contributed by atoms with Crippen LogP contribution in [0.5, 0.6) is 0 Å². The van der Waals surface area contributed by atoms with Crippen LogP contribution in [0.25, 0.3) is 0 Å². The van der Waals surface area contributed by atoms with Gasteiger partial charge in [0.05, 0.1) is 0 Å². The lowest BCUT2D eigenvalue weighted by atomic mass is 9.95. The second-order valence-electron chi connectivity index (χ2n) is 6.64. The Morgan fingerprint density at radius 3 is 2.54 bits per heavy atom. The molecule has 2 aromatic rings. The van der Waals surface area contributed by atoms with E-state index in [0.717, 1.165) is 30.5 Å². The normalized spacial score (nSPS) is 15.2. The number of nitrogens with one attached hydrogen (secondary N) is 1. The van der Waals surface area contributed by atoms with Gasteiger partial charge in [-0.1, -0.05) is 49.6 Å². The fourth-order valence-electron chi connectivity index (χ4n) is 3.40. The molecular formula is C20H28N4. The zero-order chi connectivity index (χ0) is 16.8. The van der Waals surface area contributed by atoms with Gasteiger partial charge in [-0.3, -0.25) is 0 Å². The summed E-state index contributed by atoms with van der Waals surface area (Å²) in [5.74, 6) is 2.81. The van der Waals surface area contributed by atoms with Gasteiger partial charge < -0.3 is 10.2 Å². The number of aryl methyl sites for hydroxylation is 1. The summed E-state index contributed by atoms with van der Waals surface area (Å²) in [5, 5.41) is 3.63. The van der Waals surface area contributed by atoms with Crippen LogP contribution in [0.3, 0.4) is 0 Å². The van der Waals surface area contributed by atoms with Crippen molar-refractivity contribution in [1.29, 1.82) is 0 Å². The minimum absolute atomic E-state index is 0.560. The van der Waals surface area contributed by atoms with Gasteiger partial charge in [0.15, 0.2) is 0 Å². The number of anilines is 2. The molecule has 1 saturated carbocycles. The number of hydrogen-bond donors (Lipinski definition) is 1. The highest BCUT2D eigenvalue weighted by atomic mass is 15.2. The molecule has 0 aliphatic heterocycles. The zero-order valence-corrected chi connectivity index (χ0v) is 14.8. The molecule has 1 aromatic heterocycles. The maximum Gasteiger partial charge on any atom is 0.134 e. The minimum Gasteiger partial charge on any atom is -0.367 e. The first-order chi connectivity index (χ1) is 11.7. The number of nitrogens with zero attached hydrogens (tertiary/aromatic N) is 3. The fourth-order valence-corrected chi connectivity index (χ4v) is 3.40. The standard InChI is InChI=1S/C20H28N4/c1-3-24(15-17-10-6-4-7-11-17)20-14-19(21-16(2)22-20)23-18-12-8-5-9-13-18/h4,6-7,10-11,14,18H,3,5,8-9,12-13,15H2,1-2H3,(H,21,22,23). The molecule has 0 atom stereocenters. The predicted octanol–water partition coefficient (Wildman–Crippen LogP) is 4.56. The highest BCUT2D eigenvalue weighted by Crippen LogP contribution is 2.23. The Labute approximate surface area is 145 Å². The minimum atomic E-state index is 0.560. The fraction of sp³-hybridized carbons (Fsp3) is 0.500. The molecule has 0 unspecified atom stereocenters. The van der Waals surface area contributed by atoms with E-state index >= 15 is 0 Å². The topological polar surface area (TPSA) is 41.0 Å². The molecule has 3 rings (SSSR count). The van der Waals surface area contributed by atoms with Gasteiger partial charge in [-0.05, 0) is 32.3 Å². The summed E-state index contributed by atoms with van der Waals surface area (Å²) < 4.78 is 0. The van der Waals surface area contributed by atoms with E-state index in [9.17, 15) is 0 Å². The van der Waals surface area contributed by atoms with Crippen LogP contribution in [-0.2, 0) is 6.54 Å². The molecule has 1 aromatic carbocycles. The Kier molecular flexibility index (Phi) is 5.68. The third kappa shape index (κ3) is 4.47. The molecule has 0 radical (unpaired) electrons. The van der Waals surface area contributed by atoms with Crippen LogP contribution in [0.4, 0.5) is 11.6 Å². The summed E-state index contributed by atoms with van der Waals surface area (Å²) in [6, 6.07) is 13.2. The maximum atomic E-state index is 4.67. The molecule has 1 fully saturated rings. The molecule has 0 amide bonds. The third-order valence-corrected chi connectivity index (χ3v) is 4.70. The van der Waals surface area contributed by atoms with E-state index in [4.69, 9.17) is 0 Å². The SMILES string of the molecule is CCN(Cc1ccccc1)c1cc(NC2CCCCC2)nc(C)n1. The lowest BCUT2D eigenvalue weighted by Gasteiger charge is -2.26. The number of aromatic nitrogens is 2. The largest absolute Gasteiger partial charge is 0.367 e. The molecule has 4 nitrogen and oxygen atoms in total. The molecule has 0 saturated heterocycles. The molecule has 128 valence electrons. The van der Waals surface area contributed by atoms with Crippen LogP contribution in [0, 0.1) is 6.92 Å². The second kappa shape index (κ2) is 8.13. The maximum absolute atomic E-state index is 4.67. The average Bonchev–Trinajstić information content (AvgIpc) is 2.61. The lowest BCUT2D eigenvalue weighted by molar-refractivity contribution is 0.461. The Hall–Kier alpha value is -2.10. The molecule has 1 heterocycles. The zero-order valence-electron chi connectivity index (χ0n) is 14.8. The number of rotatable bonds is 6. The summed E-state index contributed by atoms with van der Waals surface area (Å²) in [6.45, 7) is 5.95. The van der Waals surface area contributed by atoms with Crippen LogP contribution in [0.15, 0.2) is 36.4 Å². The van der Waals surface area contributed by atoms with Crippen LogP contribution >= 0.6 is 0 Å². The van der Waals surface area contributed by atoms with Gasteiger partial charge in [-0.2, -0.15) is 0 Å². The smallest absolute Gasteiger partial charge is 0.134 e. The summed E-state index contributed by atoms with van der Waals surface area (Å²) in [6.07, 6.45) is 6.51. The van der Waals surface area contributed by atoms with Gasteiger partial charge in [-0.25, -0.2) is 9.97 Å². The lowest BCUT2D eigenvalue weighted by Crippen LogP contribution is -2.26. The van der Waals surface area contributed by atoms with Gasteiger partial charge in [0.1, 0.15) is 17.5 Å². The van der Waals surface area contributed by atoms with Crippen molar-refractivity contribution in [2.45, 2.75) is 58.5 Å². The first kappa shape index (κ1) is 16.7. The van der Waals surface area contributed by atoms with E-state index in [-0.39, 0.29) is 0 Å². The molecular weight excluding hydrogens is 296 g/mol. The van der Waals surface area contributed by atoms with Crippen molar-refractivity contribution in [2.75, 3.05) is 16.8 Å². The van der Waals surface area contributed by atoms with Crippen LogP contribution in [0.2, 0.25) is 0 Å². The summed E-state index contributed by atoms with van der Waals surface area (Å²) in [5.41, 5.74) is 1.30. The van der Waals surface area contributed by atoms with Gasteiger partial charge in [-0.15, -0.1) is 0 Å². The van der Waals surface area contributed by atoms with Crippen LogP contribution < -0.4 is 10.2 Å². The second-order valence-corrected chi connectivity index (χ2v) is 6.64. The molecule has 1 N–H and O–H groups in total. The molecule has 4 heteroatoms. The van der Waals surface area contributed by atoms with E-state index in [1.54, 1.807) is 0 Å². The van der Waals surface area contributed by atoms with E-state index in [1.165, 1.54) is 37.7 Å². The molecule has 0 bridgehead atoms. The molecule has 1 aliphatic carbocycles. The van der Waals surface area contributed by atoms with Gasteiger partial charge in [0.2, 0.25) is 0 Å². The van der Waals surface area contributed by atoms with Crippen molar-refractivity contribution in [2.24, 2.45) is 0 Å². The average molecular weight is 324 g/mol. The molecule has 1 aliphatic rings. The van der Waals surface area contributed by atoms with Crippen molar-refractivity contribution in [3.8, 4) is 0 Å². The Morgan fingerprint density at radius 2 is 1.83 bits per heavy atom. The van der Waals surface area contributed by atoms with Gasteiger partial charge in [0, 0.05) is 25.2 Å². The van der Waals surface area contributed by atoms with Crippen molar-refractivity contribution in [3.05, 3.63) is 47.8 Å². The highest BCUT2D eigenvalue weighted by molar-refractivity contribution is 5.50. The first-order valence-corrected chi connectivity index (χ1v) is 9.15. The third-order valence-electron chi connectivity index (χ3n) is 4.70. The summed E-state index contributed by atoms with van der Waals surface area (Å²) in [4.78, 5) is 11.6. The van der Waals surface area contributed by atoms with E-state index in [2.05, 4.69) is 63.5 Å². The van der Waals surface area contributed by atoms with Crippen LogP contribution in [0.1, 0.15) is 50.4 Å². The quantitative estimate of drug-likeness (QED) is 0.846. The monoisotopic (exact) mass is 324 g/mol. The first-order valence-electron chi connectivity index (χ1n) is 9.15. The molecule has 24 heavy (non-hydrogen) atoms. The van der Waals surface area contributed by atoms with E-state index in [0.29, 0.717) is 6.04 Å². The predicted molar refractivity (Wildman–Crippen MR) is 100 cm³/mol. The highest BCUT2D eigenvalue weighted by Gasteiger charge is 2.15. The van der Waals surface area contributed by atoms with Crippen molar-refractivity contribution >= 4 is 11.6 Å². The Morgan fingerprint density at radius 1 is 1.08 bits per heavy atom. The van der Waals surface area contributed by atoms with E-state index in [1.807, 2.05) is 6.92 Å². The van der Waals surface area contributed by atoms with Crippen LogP contribution in [-0.4, -0.2) is 22.6 Å².